The van der Waals surface area contributed by atoms with Crippen LogP contribution < -0.4 is 5.32 Å². The first-order chi connectivity index (χ1) is 9.60. The van der Waals surface area contributed by atoms with Gasteiger partial charge in [-0.1, -0.05) is 26.7 Å². The van der Waals surface area contributed by atoms with Crippen molar-refractivity contribution in [1.29, 1.82) is 0 Å². The highest BCUT2D eigenvalue weighted by Gasteiger charge is 2.44. The van der Waals surface area contributed by atoms with E-state index >= 15 is 0 Å². The average Bonchev–Trinajstić information content (AvgIpc) is 2.45. The number of hydrogen-bond donors (Lipinski definition) is 1. The molecule has 4 heteroatoms. The van der Waals surface area contributed by atoms with Gasteiger partial charge in [0.25, 0.3) is 0 Å². The summed E-state index contributed by atoms with van der Waals surface area (Å²) >= 11 is 0. The molecule has 1 N–H and O–H groups in total. The second kappa shape index (κ2) is 6.64. The van der Waals surface area contributed by atoms with Crippen LogP contribution in [0.2, 0.25) is 0 Å². The van der Waals surface area contributed by atoms with Gasteiger partial charge < -0.3 is 10.2 Å². The van der Waals surface area contributed by atoms with Crippen molar-refractivity contribution in [2.75, 3.05) is 20.6 Å². The van der Waals surface area contributed by atoms with Crippen molar-refractivity contribution in [2.45, 2.75) is 51.1 Å². The Hall–Kier alpha value is -1.00. The van der Waals surface area contributed by atoms with Crippen LogP contribution in [0.4, 0.5) is 0 Å². The lowest BCUT2D eigenvalue weighted by Gasteiger charge is -2.50. The molecule has 2 rings (SSSR count). The van der Waals surface area contributed by atoms with E-state index in [1.807, 2.05) is 6.20 Å². The first kappa shape index (κ1) is 15.4. The van der Waals surface area contributed by atoms with E-state index in [1.165, 1.54) is 25.7 Å². The standard InChI is InChI=1S/C16H28N4/c1-5-18-15(14-12-17-9-10-19-14)16(20(3)4)8-6-7-13(2)11-16/h9-10,12-13,15,18H,5-8,11H2,1-4H3. The molecule has 1 heterocycles. The lowest BCUT2D eigenvalue weighted by atomic mass is 9.70. The normalized spacial score (nSPS) is 28.6. The van der Waals surface area contributed by atoms with Crippen molar-refractivity contribution in [1.82, 2.24) is 20.2 Å². The molecule has 0 spiro atoms. The molecule has 1 saturated carbocycles. The summed E-state index contributed by atoms with van der Waals surface area (Å²) in [5, 5.41) is 3.67. The zero-order valence-corrected chi connectivity index (χ0v) is 13.3. The summed E-state index contributed by atoms with van der Waals surface area (Å²) < 4.78 is 0. The van der Waals surface area contributed by atoms with E-state index in [1.54, 1.807) is 12.4 Å². The van der Waals surface area contributed by atoms with Crippen LogP contribution in [0.5, 0.6) is 0 Å². The molecule has 1 aliphatic carbocycles. The number of nitrogens with one attached hydrogen (secondary N) is 1. The van der Waals surface area contributed by atoms with Gasteiger partial charge in [-0.2, -0.15) is 0 Å². The summed E-state index contributed by atoms with van der Waals surface area (Å²) in [6.45, 7) is 5.49. The van der Waals surface area contributed by atoms with Gasteiger partial charge in [-0.05, 0) is 39.4 Å². The molecule has 1 aromatic heterocycles. The molecule has 20 heavy (non-hydrogen) atoms. The van der Waals surface area contributed by atoms with Crippen molar-refractivity contribution in [3.63, 3.8) is 0 Å². The average molecular weight is 276 g/mol. The van der Waals surface area contributed by atoms with Crippen LogP contribution in [0.1, 0.15) is 51.3 Å². The summed E-state index contributed by atoms with van der Waals surface area (Å²) in [5.74, 6) is 0.768. The minimum Gasteiger partial charge on any atom is -0.307 e. The highest BCUT2D eigenvalue weighted by molar-refractivity contribution is 5.14. The third kappa shape index (κ3) is 3.01. The monoisotopic (exact) mass is 276 g/mol. The van der Waals surface area contributed by atoms with Crippen LogP contribution in [0.25, 0.3) is 0 Å². The third-order valence-electron chi connectivity index (χ3n) is 4.72. The van der Waals surface area contributed by atoms with Gasteiger partial charge in [0.2, 0.25) is 0 Å². The topological polar surface area (TPSA) is 41.1 Å². The molecule has 0 saturated heterocycles. The zero-order chi connectivity index (χ0) is 14.6. The molecule has 3 unspecified atom stereocenters. The van der Waals surface area contributed by atoms with Gasteiger partial charge in [0.15, 0.2) is 0 Å². The second-order valence-corrected chi connectivity index (χ2v) is 6.32. The van der Waals surface area contributed by atoms with Gasteiger partial charge >= 0.3 is 0 Å². The Morgan fingerprint density at radius 3 is 2.80 bits per heavy atom. The molecule has 0 radical (unpaired) electrons. The number of likely N-dealkylation sites (N-methyl/N-ethyl adjacent to an activating group) is 2. The molecular formula is C16H28N4. The molecule has 0 amide bonds. The van der Waals surface area contributed by atoms with E-state index in [0.717, 1.165) is 18.2 Å². The van der Waals surface area contributed by atoms with Gasteiger partial charge in [-0.25, -0.2) is 0 Å². The predicted octanol–water partition coefficient (Wildman–Crippen LogP) is 2.64. The summed E-state index contributed by atoms with van der Waals surface area (Å²) in [5.41, 5.74) is 1.21. The fourth-order valence-corrected chi connectivity index (χ4v) is 3.72. The third-order valence-corrected chi connectivity index (χ3v) is 4.72. The molecule has 1 aliphatic rings. The van der Waals surface area contributed by atoms with Crippen molar-refractivity contribution in [2.24, 2.45) is 5.92 Å². The highest BCUT2D eigenvalue weighted by atomic mass is 15.2. The molecule has 1 fully saturated rings. The Balaban J connectivity index is 2.37. The Kier molecular flexibility index (Phi) is 5.11. The minimum atomic E-state index is 0.143. The van der Waals surface area contributed by atoms with Gasteiger partial charge in [0, 0.05) is 17.9 Å². The molecule has 0 bridgehead atoms. The zero-order valence-electron chi connectivity index (χ0n) is 13.3. The van der Waals surface area contributed by atoms with Crippen LogP contribution in [0.3, 0.4) is 0 Å². The van der Waals surface area contributed by atoms with Gasteiger partial charge in [0.1, 0.15) is 0 Å². The van der Waals surface area contributed by atoms with E-state index in [4.69, 9.17) is 0 Å². The van der Waals surface area contributed by atoms with Gasteiger partial charge in [-0.3, -0.25) is 9.97 Å². The number of rotatable bonds is 5. The van der Waals surface area contributed by atoms with Crippen LogP contribution in [0, 0.1) is 5.92 Å². The van der Waals surface area contributed by atoms with Crippen molar-refractivity contribution in [3.8, 4) is 0 Å². The Labute approximate surface area is 123 Å². The predicted molar refractivity (Wildman–Crippen MR) is 82.5 cm³/mol. The number of nitrogens with zero attached hydrogens (tertiary/aromatic N) is 3. The Bertz CT molecular complexity index is 406. The van der Waals surface area contributed by atoms with E-state index in [9.17, 15) is 0 Å². The van der Waals surface area contributed by atoms with E-state index in [2.05, 4.69) is 48.1 Å². The van der Waals surface area contributed by atoms with Gasteiger partial charge in [-0.15, -0.1) is 0 Å². The maximum absolute atomic E-state index is 4.57. The Morgan fingerprint density at radius 1 is 1.45 bits per heavy atom. The van der Waals surface area contributed by atoms with E-state index in [-0.39, 0.29) is 11.6 Å². The second-order valence-electron chi connectivity index (χ2n) is 6.32. The highest BCUT2D eigenvalue weighted by Crippen LogP contribution is 2.43. The summed E-state index contributed by atoms with van der Waals surface area (Å²) in [4.78, 5) is 11.3. The largest absolute Gasteiger partial charge is 0.307 e. The summed E-state index contributed by atoms with van der Waals surface area (Å²) in [6, 6.07) is 0.249. The van der Waals surface area contributed by atoms with Crippen molar-refractivity contribution < 1.29 is 0 Å². The molecule has 0 aliphatic heterocycles. The lowest BCUT2D eigenvalue weighted by Crippen LogP contribution is -2.56. The smallest absolute Gasteiger partial charge is 0.0775 e. The molecule has 112 valence electrons. The lowest BCUT2D eigenvalue weighted by molar-refractivity contribution is 0.0357. The minimum absolute atomic E-state index is 0.143. The molecule has 1 aromatic rings. The maximum atomic E-state index is 4.57. The Morgan fingerprint density at radius 2 is 2.25 bits per heavy atom. The SMILES string of the molecule is CCNC(c1cnccn1)C1(N(C)C)CCCC(C)C1. The van der Waals surface area contributed by atoms with Crippen LogP contribution >= 0.6 is 0 Å². The number of aromatic nitrogens is 2. The first-order valence-electron chi connectivity index (χ1n) is 7.77. The number of hydrogen-bond acceptors (Lipinski definition) is 4. The van der Waals surface area contributed by atoms with Crippen molar-refractivity contribution in [3.05, 3.63) is 24.3 Å². The van der Waals surface area contributed by atoms with Crippen LogP contribution in [-0.2, 0) is 0 Å². The quantitative estimate of drug-likeness (QED) is 0.897. The summed E-state index contributed by atoms with van der Waals surface area (Å²) in [7, 11) is 4.41. The fourth-order valence-electron chi connectivity index (χ4n) is 3.72. The van der Waals surface area contributed by atoms with Crippen LogP contribution in [-0.4, -0.2) is 41.0 Å². The molecular weight excluding hydrogens is 248 g/mol. The van der Waals surface area contributed by atoms with Crippen LogP contribution in [0.15, 0.2) is 18.6 Å². The summed E-state index contributed by atoms with van der Waals surface area (Å²) in [6.07, 6.45) is 10.5. The molecule has 3 atom stereocenters. The fraction of sp³-hybridized carbons (Fsp3) is 0.750. The van der Waals surface area contributed by atoms with Gasteiger partial charge in [0.05, 0.1) is 17.9 Å². The first-order valence-corrected chi connectivity index (χ1v) is 7.77. The molecule has 4 nitrogen and oxygen atoms in total. The van der Waals surface area contributed by atoms with E-state index in [0.29, 0.717) is 0 Å². The molecule has 0 aromatic carbocycles. The maximum Gasteiger partial charge on any atom is 0.0775 e. The van der Waals surface area contributed by atoms with E-state index < -0.39 is 0 Å². The van der Waals surface area contributed by atoms with Crippen molar-refractivity contribution >= 4 is 0 Å².